The summed E-state index contributed by atoms with van der Waals surface area (Å²) in [4.78, 5) is 27.1. The maximum Gasteiger partial charge on any atom is 0.257 e. The highest BCUT2D eigenvalue weighted by atomic mass is 16.5. The monoisotopic (exact) mass is 382 g/mol. The van der Waals surface area contributed by atoms with E-state index < -0.39 is 0 Å². The Morgan fingerprint density at radius 3 is 2.64 bits per heavy atom. The molecular weight excluding hydrogens is 356 g/mol. The number of rotatable bonds is 4. The number of carbonyl (C=O) groups is 2. The van der Waals surface area contributed by atoms with Crippen LogP contribution in [0.5, 0.6) is 0 Å². The maximum absolute atomic E-state index is 12.6. The third kappa shape index (κ3) is 3.80. The standard InChI is InChI=1S/C21H26N4O3/c1-15-5-2-3-6-17(15)20(26)23-19-8-11-22-25(19)16-9-12-24(13-10-16)21(27)18-7-4-14-28-18/h2-3,5-6,8,11,16,18H,4,7,9-10,12-14H2,1H3,(H,23,26). The second kappa shape index (κ2) is 8.14. The number of piperidine rings is 1. The zero-order valence-corrected chi connectivity index (χ0v) is 16.1. The Hall–Kier alpha value is -2.67. The third-order valence-corrected chi connectivity index (χ3v) is 5.63. The van der Waals surface area contributed by atoms with E-state index in [4.69, 9.17) is 4.74 Å². The van der Waals surface area contributed by atoms with Gasteiger partial charge in [-0.25, -0.2) is 4.68 Å². The average Bonchev–Trinajstić information content (AvgIpc) is 3.40. The van der Waals surface area contributed by atoms with Crippen LogP contribution in [0.3, 0.4) is 0 Å². The number of benzene rings is 1. The van der Waals surface area contributed by atoms with Gasteiger partial charge in [0, 0.05) is 31.3 Å². The van der Waals surface area contributed by atoms with Gasteiger partial charge >= 0.3 is 0 Å². The van der Waals surface area contributed by atoms with Gasteiger partial charge in [0.25, 0.3) is 11.8 Å². The van der Waals surface area contributed by atoms with E-state index in [2.05, 4.69) is 10.4 Å². The average molecular weight is 382 g/mol. The summed E-state index contributed by atoms with van der Waals surface area (Å²) >= 11 is 0. The smallest absolute Gasteiger partial charge is 0.257 e. The first-order valence-electron chi connectivity index (χ1n) is 9.94. The lowest BCUT2D eigenvalue weighted by molar-refractivity contribution is -0.142. The van der Waals surface area contributed by atoms with E-state index in [0.717, 1.165) is 31.2 Å². The van der Waals surface area contributed by atoms with Gasteiger partial charge in [0.1, 0.15) is 11.9 Å². The summed E-state index contributed by atoms with van der Waals surface area (Å²) in [5.41, 5.74) is 1.60. The molecule has 148 valence electrons. The SMILES string of the molecule is Cc1ccccc1C(=O)Nc1ccnn1C1CCN(C(=O)C2CCCO2)CC1. The van der Waals surface area contributed by atoms with Crippen molar-refractivity contribution in [2.45, 2.75) is 44.8 Å². The van der Waals surface area contributed by atoms with Crippen LogP contribution in [0.15, 0.2) is 36.5 Å². The number of nitrogens with zero attached hydrogens (tertiary/aromatic N) is 3. The lowest BCUT2D eigenvalue weighted by Gasteiger charge is -2.33. The first kappa shape index (κ1) is 18.7. The van der Waals surface area contributed by atoms with Gasteiger partial charge in [-0.2, -0.15) is 5.10 Å². The van der Waals surface area contributed by atoms with Crippen LogP contribution in [-0.2, 0) is 9.53 Å². The molecule has 0 bridgehead atoms. The fraction of sp³-hybridized carbons (Fsp3) is 0.476. The molecular formula is C21H26N4O3. The van der Waals surface area contributed by atoms with Crippen LogP contribution in [-0.4, -0.2) is 52.3 Å². The molecule has 0 spiro atoms. The summed E-state index contributed by atoms with van der Waals surface area (Å²) < 4.78 is 7.40. The van der Waals surface area contributed by atoms with Crippen molar-refractivity contribution in [2.24, 2.45) is 0 Å². The molecule has 3 heterocycles. The molecule has 1 atom stereocenters. The Morgan fingerprint density at radius 1 is 1.14 bits per heavy atom. The number of anilines is 1. The first-order chi connectivity index (χ1) is 13.6. The summed E-state index contributed by atoms with van der Waals surface area (Å²) in [6.45, 7) is 3.99. The van der Waals surface area contributed by atoms with Crippen molar-refractivity contribution in [2.75, 3.05) is 25.0 Å². The van der Waals surface area contributed by atoms with Crippen molar-refractivity contribution in [1.82, 2.24) is 14.7 Å². The lowest BCUT2D eigenvalue weighted by atomic mass is 10.0. The molecule has 0 radical (unpaired) electrons. The number of ether oxygens (including phenoxy) is 1. The Kier molecular flexibility index (Phi) is 5.43. The highest BCUT2D eigenvalue weighted by Gasteiger charge is 2.32. The Morgan fingerprint density at radius 2 is 1.93 bits per heavy atom. The first-order valence-corrected chi connectivity index (χ1v) is 9.94. The molecule has 2 amide bonds. The van der Waals surface area contributed by atoms with E-state index >= 15 is 0 Å². The molecule has 2 fully saturated rings. The largest absolute Gasteiger partial charge is 0.368 e. The number of hydrogen-bond donors (Lipinski definition) is 1. The number of nitrogens with one attached hydrogen (secondary N) is 1. The molecule has 28 heavy (non-hydrogen) atoms. The van der Waals surface area contributed by atoms with Crippen molar-refractivity contribution in [3.63, 3.8) is 0 Å². The molecule has 1 N–H and O–H groups in total. The van der Waals surface area contributed by atoms with E-state index in [-0.39, 0.29) is 24.0 Å². The number of aryl methyl sites for hydroxylation is 1. The Bertz CT molecular complexity index is 849. The van der Waals surface area contributed by atoms with Gasteiger partial charge in [-0.15, -0.1) is 0 Å². The van der Waals surface area contributed by atoms with E-state index in [1.807, 2.05) is 46.8 Å². The summed E-state index contributed by atoms with van der Waals surface area (Å²) in [6.07, 6.45) is 4.86. The van der Waals surface area contributed by atoms with E-state index in [1.165, 1.54) is 0 Å². The molecule has 2 saturated heterocycles. The van der Waals surface area contributed by atoms with E-state index in [9.17, 15) is 9.59 Å². The molecule has 7 nitrogen and oxygen atoms in total. The van der Waals surface area contributed by atoms with Gasteiger partial charge in [0.2, 0.25) is 0 Å². The number of carbonyl (C=O) groups excluding carboxylic acids is 2. The highest BCUT2D eigenvalue weighted by molar-refractivity contribution is 6.04. The van der Waals surface area contributed by atoms with Gasteiger partial charge < -0.3 is 15.0 Å². The van der Waals surface area contributed by atoms with Crippen LogP contribution in [0, 0.1) is 6.92 Å². The number of amides is 2. The predicted molar refractivity (Wildman–Crippen MR) is 105 cm³/mol. The van der Waals surface area contributed by atoms with Gasteiger partial charge in [-0.3, -0.25) is 9.59 Å². The molecule has 2 aliphatic rings. The van der Waals surface area contributed by atoms with Crippen LogP contribution in [0.4, 0.5) is 5.82 Å². The third-order valence-electron chi connectivity index (χ3n) is 5.63. The molecule has 1 aromatic carbocycles. The highest BCUT2D eigenvalue weighted by Crippen LogP contribution is 2.27. The molecule has 1 aromatic heterocycles. The normalized spacial score (nSPS) is 20.3. The van der Waals surface area contributed by atoms with Crippen LogP contribution in [0.2, 0.25) is 0 Å². The second-order valence-corrected chi connectivity index (χ2v) is 7.49. The molecule has 4 rings (SSSR count). The predicted octanol–water partition coefficient (Wildman–Crippen LogP) is 2.79. The summed E-state index contributed by atoms with van der Waals surface area (Å²) in [6, 6.07) is 9.51. The van der Waals surface area contributed by atoms with Crippen LogP contribution >= 0.6 is 0 Å². The van der Waals surface area contributed by atoms with Gasteiger partial charge in [-0.1, -0.05) is 18.2 Å². The van der Waals surface area contributed by atoms with Gasteiger partial charge in [-0.05, 0) is 44.2 Å². The van der Waals surface area contributed by atoms with Gasteiger partial charge in [0.05, 0.1) is 12.2 Å². The fourth-order valence-electron chi connectivity index (χ4n) is 4.02. The zero-order valence-electron chi connectivity index (χ0n) is 16.1. The lowest BCUT2D eigenvalue weighted by Crippen LogP contribution is -2.44. The minimum absolute atomic E-state index is 0.115. The molecule has 1 unspecified atom stereocenters. The van der Waals surface area contributed by atoms with Crippen LogP contribution in [0.25, 0.3) is 0 Å². The summed E-state index contributed by atoms with van der Waals surface area (Å²) in [5.74, 6) is 0.674. The number of hydrogen-bond acceptors (Lipinski definition) is 4. The maximum atomic E-state index is 12.6. The summed E-state index contributed by atoms with van der Waals surface area (Å²) in [7, 11) is 0. The molecule has 0 saturated carbocycles. The van der Waals surface area contributed by atoms with Crippen LogP contribution in [0.1, 0.15) is 47.6 Å². The minimum Gasteiger partial charge on any atom is -0.368 e. The summed E-state index contributed by atoms with van der Waals surface area (Å²) in [5, 5.41) is 7.41. The second-order valence-electron chi connectivity index (χ2n) is 7.49. The van der Waals surface area contributed by atoms with Crippen molar-refractivity contribution in [3.8, 4) is 0 Å². The molecule has 2 aliphatic heterocycles. The molecule has 0 aliphatic carbocycles. The number of likely N-dealkylation sites (tertiary alicyclic amines) is 1. The molecule has 2 aromatic rings. The van der Waals surface area contributed by atoms with Crippen LogP contribution < -0.4 is 5.32 Å². The van der Waals surface area contributed by atoms with Crippen molar-refractivity contribution >= 4 is 17.6 Å². The topological polar surface area (TPSA) is 76.5 Å². The fourth-order valence-corrected chi connectivity index (χ4v) is 4.02. The van der Waals surface area contributed by atoms with Crippen molar-refractivity contribution < 1.29 is 14.3 Å². The van der Waals surface area contributed by atoms with E-state index in [1.54, 1.807) is 6.20 Å². The van der Waals surface area contributed by atoms with Gasteiger partial charge in [0.15, 0.2) is 0 Å². The van der Waals surface area contributed by atoms with Crippen molar-refractivity contribution in [3.05, 3.63) is 47.7 Å². The minimum atomic E-state index is -0.259. The number of aromatic nitrogens is 2. The Balaban J connectivity index is 1.39. The zero-order chi connectivity index (χ0) is 19.5. The van der Waals surface area contributed by atoms with E-state index in [0.29, 0.717) is 31.1 Å². The Labute approximate surface area is 164 Å². The van der Waals surface area contributed by atoms with Crippen molar-refractivity contribution in [1.29, 1.82) is 0 Å². The molecule has 7 heteroatoms. The quantitative estimate of drug-likeness (QED) is 0.882.